The summed E-state index contributed by atoms with van der Waals surface area (Å²) in [6, 6.07) is 7.31. The fraction of sp³-hybridized carbons (Fsp3) is 0.500. The van der Waals surface area contributed by atoms with Gasteiger partial charge in [-0.1, -0.05) is 29.8 Å². The molecule has 1 aromatic carbocycles. The number of nitrogens with zero attached hydrogens (tertiary/aromatic N) is 1. The number of esters is 1. The Labute approximate surface area is 130 Å². The standard InChI is InChI=1S/C16H20ClNO3/c1-21-16(20)11-13-7-4-5-9-18(13)15(19)10-12-6-2-3-8-14(12)17/h2-3,6,8,13H,4-5,7,9-11H2,1H3. The Bertz CT molecular complexity index is 518. The van der Waals surface area contributed by atoms with Crippen molar-refractivity contribution in [1.29, 1.82) is 0 Å². The van der Waals surface area contributed by atoms with Gasteiger partial charge in [0.1, 0.15) is 0 Å². The molecule has 0 radical (unpaired) electrons. The molecule has 0 aliphatic carbocycles. The Morgan fingerprint density at radius 3 is 2.81 bits per heavy atom. The number of rotatable bonds is 4. The number of likely N-dealkylation sites (tertiary alicyclic amines) is 1. The SMILES string of the molecule is COC(=O)CC1CCCCN1C(=O)Cc1ccccc1Cl. The van der Waals surface area contributed by atoms with Gasteiger partial charge in [0.05, 0.1) is 20.0 Å². The lowest BCUT2D eigenvalue weighted by molar-refractivity contribution is -0.144. The number of methoxy groups -OCH3 is 1. The molecule has 114 valence electrons. The number of benzene rings is 1. The van der Waals surface area contributed by atoms with E-state index < -0.39 is 0 Å². The first-order chi connectivity index (χ1) is 10.1. The molecule has 1 saturated heterocycles. The molecule has 1 atom stereocenters. The zero-order chi connectivity index (χ0) is 15.2. The highest BCUT2D eigenvalue weighted by Crippen LogP contribution is 2.23. The quantitative estimate of drug-likeness (QED) is 0.804. The summed E-state index contributed by atoms with van der Waals surface area (Å²) >= 11 is 6.11. The molecule has 0 spiro atoms. The lowest BCUT2D eigenvalue weighted by atomic mass is 9.98. The number of ether oxygens (including phenoxy) is 1. The number of hydrogen-bond donors (Lipinski definition) is 0. The number of amides is 1. The molecular formula is C16H20ClNO3. The van der Waals surface area contributed by atoms with Crippen molar-refractivity contribution in [2.75, 3.05) is 13.7 Å². The number of halogens is 1. The lowest BCUT2D eigenvalue weighted by Crippen LogP contribution is -2.45. The number of carbonyl (C=O) groups excluding carboxylic acids is 2. The zero-order valence-corrected chi connectivity index (χ0v) is 12.9. The van der Waals surface area contributed by atoms with E-state index in [-0.39, 0.29) is 30.8 Å². The Morgan fingerprint density at radius 1 is 1.33 bits per heavy atom. The zero-order valence-electron chi connectivity index (χ0n) is 12.2. The van der Waals surface area contributed by atoms with Crippen LogP contribution in [0.2, 0.25) is 5.02 Å². The Kier molecular flexibility index (Phi) is 5.62. The van der Waals surface area contributed by atoms with Crippen molar-refractivity contribution >= 4 is 23.5 Å². The van der Waals surface area contributed by atoms with Crippen molar-refractivity contribution in [2.45, 2.75) is 38.1 Å². The molecule has 1 aromatic rings. The van der Waals surface area contributed by atoms with Gasteiger partial charge in [0.25, 0.3) is 0 Å². The van der Waals surface area contributed by atoms with Crippen molar-refractivity contribution in [1.82, 2.24) is 4.90 Å². The van der Waals surface area contributed by atoms with Gasteiger partial charge in [-0.25, -0.2) is 0 Å². The van der Waals surface area contributed by atoms with Gasteiger partial charge in [0, 0.05) is 17.6 Å². The van der Waals surface area contributed by atoms with Gasteiger partial charge >= 0.3 is 5.97 Å². The van der Waals surface area contributed by atoms with E-state index in [9.17, 15) is 9.59 Å². The van der Waals surface area contributed by atoms with Crippen LogP contribution in [0.4, 0.5) is 0 Å². The number of carbonyl (C=O) groups is 2. The second-order valence-electron chi connectivity index (χ2n) is 5.29. The lowest BCUT2D eigenvalue weighted by Gasteiger charge is -2.35. The van der Waals surface area contributed by atoms with Crippen LogP contribution in [0.15, 0.2) is 24.3 Å². The number of piperidine rings is 1. The van der Waals surface area contributed by atoms with Crippen molar-refractivity contribution in [3.8, 4) is 0 Å². The third-order valence-corrected chi connectivity index (χ3v) is 4.25. The maximum absolute atomic E-state index is 12.5. The number of hydrogen-bond acceptors (Lipinski definition) is 3. The Balaban J connectivity index is 2.04. The third-order valence-electron chi connectivity index (χ3n) is 3.88. The van der Waals surface area contributed by atoms with Crippen LogP contribution >= 0.6 is 11.6 Å². The summed E-state index contributed by atoms with van der Waals surface area (Å²) in [5.74, 6) is -0.242. The fourth-order valence-corrected chi connectivity index (χ4v) is 2.93. The molecule has 0 N–H and O–H groups in total. The van der Waals surface area contributed by atoms with Crippen LogP contribution < -0.4 is 0 Å². The summed E-state index contributed by atoms with van der Waals surface area (Å²) in [4.78, 5) is 25.8. The van der Waals surface area contributed by atoms with E-state index in [0.717, 1.165) is 24.8 Å². The van der Waals surface area contributed by atoms with Gasteiger partial charge in [0.15, 0.2) is 0 Å². The van der Waals surface area contributed by atoms with Crippen molar-refractivity contribution in [3.63, 3.8) is 0 Å². The summed E-state index contributed by atoms with van der Waals surface area (Å²) < 4.78 is 4.72. The highest BCUT2D eigenvalue weighted by molar-refractivity contribution is 6.31. The largest absolute Gasteiger partial charge is 0.469 e. The highest BCUT2D eigenvalue weighted by atomic mass is 35.5. The van der Waals surface area contributed by atoms with Crippen LogP contribution in [0.5, 0.6) is 0 Å². The van der Waals surface area contributed by atoms with E-state index in [4.69, 9.17) is 16.3 Å². The van der Waals surface area contributed by atoms with Crippen LogP contribution in [0.1, 0.15) is 31.2 Å². The molecule has 1 fully saturated rings. The average molecular weight is 310 g/mol. The molecule has 4 nitrogen and oxygen atoms in total. The highest BCUT2D eigenvalue weighted by Gasteiger charge is 2.28. The summed E-state index contributed by atoms with van der Waals surface area (Å²) in [7, 11) is 1.38. The molecule has 2 rings (SSSR count). The van der Waals surface area contributed by atoms with Crippen LogP contribution in [0.25, 0.3) is 0 Å². The first kappa shape index (κ1) is 15.8. The summed E-state index contributed by atoms with van der Waals surface area (Å²) in [6.07, 6.45) is 3.41. The molecular weight excluding hydrogens is 290 g/mol. The van der Waals surface area contributed by atoms with E-state index in [2.05, 4.69) is 0 Å². The maximum atomic E-state index is 12.5. The molecule has 0 aromatic heterocycles. The van der Waals surface area contributed by atoms with Crippen molar-refractivity contribution in [2.24, 2.45) is 0 Å². The predicted octanol–water partition coefficient (Wildman–Crippen LogP) is 2.83. The van der Waals surface area contributed by atoms with Gasteiger partial charge < -0.3 is 9.64 Å². The van der Waals surface area contributed by atoms with Crippen LogP contribution in [-0.2, 0) is 20.7 Å². The predicted molar refractivity (Wildman–Crippen MR) is 81.1 cm³/mol. The van der Waals surface area contributed by atoms with E-state index >= 15 is 0 Å². The average Bonchev–Trinajstić information content (AvgIpc) is 2.50. The van der Waals surface area contributed by atoms with Gasteiger partial charge in [-0.15, -0.1) is 0 Å². The molecule has 1 heterocycles. The molecule has 1 unspecified atom stereocenters. The van der Waals surface area contributed by atoms with Gasteiger partial charge in [-0.05, 0) is 30.9 Å². The smallest absolute Gasteiger partial charge is 0.307 e. The summed E-state index contributed by atoms with van der Waals surface area (Å²) in [5.41, 5.74) is 0.826. The first-order valence-corrected chi connectivity index (χ1v) is 7.59. The van der Waals surface area contributed by atoms with E-state index in [1.54, 1.807) is 6.07 Å². The van der Waals surface area contributed by atoms with Crippen LogP contribution in [-0.4, -0.2) is 36.5 Å². The molecule has 1 aliphatic heterocycles. The van der Waals surface area contributed by atoms with E-state index in [1.165, 1.54) is 7.11 Å². The normalized spacial score (nSPS) is 18.4. The van der Waals surface area contributed by atoms with Crippen molar-refractivity contribution in [3.05, 3.63) is 34.9 Å². The summed E-state index contributed by atoms with van der Waals surface area (Å²) in [6.45, 7) is 0.699. The van der Waals surface area contributed by atoms with Crippen molar-refractivity contribution < 1.29 is 14.3 Å². The minimum atomic E-state index is -0.266. The second kappa shape index (κ2) is 7.46. The van der Waals surface area contributed by atoms with E-state index in [1.807, 2.05) is 23.1 Å². The second-order valence-corrected chi connectivity index (χ2v) is 5.69. The maximum Gasteiger partial charge on any atom is 0.307 e. The van der Waals surface area contributed by atoms with Crippen LogP contribution in [0.3, 0.4) is 0 Å². The molecule has 5 heteroatoms. The monoisotopic (exact) mass is 309 g/mol. The Hall–Kier alpha value is -1.55. The molecule has 1 aliphatic rings. The molecule has 0 saturated carbocycles. The Morgan fingerprint density at radius 2 is 2.10 bits per heavy atom. The fourth-order valence-electron chi connectivity index (χ4n) is 2.72. The van der Waals surface area contributed by atoms with Crippen LogP contribution in [0, 0.1) is 0 Å². The minimum absolute atomic E-state index is 0.0247. The molecule has 21 heavy (non-hydrogen) atoms. The molecule has 1 amide bonds. The first-order valence-electron chi connectivity index (χ1n) is 7.21. The van der Waals surface area contributed by atoms with Gasteiger partial charge in [-0.2, -0.15) is 0 Å². The van der Waals surface area contributed by atoms with Gasteiger partial charge in [0.2, 0.25) is 5.91 Å². The third kappa shape index (κ3) is 4.21. The minimum Gasteiger partial charge on any atom is -0.469 e. The van der Waals surface area contributed by atoms with Gasteiger partial charge in [-0.3, -0.25) is 9.59 Å². The van der Waals surface area contributed by atoms with E-state index in [0.29, 0.717) is 11.6 Å². The topological polar surface area (TPSA) is 46.6 Å². The molecule has 0 bridgehead atoms. The summed E-state index contributed by atoms with van der Waals surface area (Å²) in [5, 5.41) is 0.604.